The minimum atomic E-state index is 1.33. The summed E-state index contributed by atoms with van der Waals surface area (Å²) in [7, 11) is 0. The van der Waals surface area contributed by atoms with Crippen molar-refractivity contribution in [1.82, 2.24) is 0 Å². The molecule has 2 aliphatic carbocycles. The molecule has 0 heteroatoms. The summed E-state index contributed by atoms with van der Waals surface area (Å²) in [5, 5.41) is 5.49. The predicted octanol–water partition coefficient (Wildman–Crippen LogP) is 7.18. The molecule has 4 aromatic rings. The van der Waals surface area contributed by atoms with Crippen molar-refractivity contribution in [1.29, 1.82) is 0 Å². The van der Waals surface area contributed by atoms with Gasteiger partial charge in [-0.2, -0.15) is 0 Å². The first kappa shape index (κ1) is 14.1. The van der Waals surface area contributed by atoms with Gasteiger partial charge in [-0.3, -0.25) is 0 Å². The Bertz CT molecular complexity index is 1210. The molecular formula is C26H18. The van der Waals surface area contributed by atoms with Crippen LogP contribution in [0.1, 0.15) is 36.1 Å². The van der Waals surface area contributed by atoms with Crippen LogP contribution in [-0.4, -0.2) is 0 Å². The van der Waals surface area contributed by atoms with Crippen LogP contribution >= 0.6 is 0 Å². The van der Waals surface area contributed by atoms with E-state index in [1.54, 1.807) is 0 Å². The smallest absolute Gasteiger partial charge is 0.00296 e. The van der Waals surface area contributed by atoms with Gasteiger partial charge in [-0.05, 0) is 79.9 Å². The number of rotatable bonds is 1. The Hall–Kier alpha value is -3.12. The molecule has 6 rings (SSSR count). The highest BCUT2D eigenvalue weighted by Gasteiger charge is 2.30. The second-order valence-electron chi connectivity index (χ2n) is 7.42. The van der Waals surface area contributed by atoms with Crippen LogP contribution < -0.4 is 0 Å². The van der Waals surface area contributed by atoms with Gasteiger partial charge < -0.3 is 0 Å². The summed E-state index contributed by atoms with van der Waals surface area (Å²) in [6, 6.07) is 26.8. The largest absolute Gasteiger partial charge is 0.0610 e. The summed E-state index contributed by atoms with van der Waals surface area (Å²) in [6.07, 6.45) is 0. The van der Waals surface area contributed by atoms with Crippen molar-refractivity contribution in [2.45, 2.75) is 13.8 Å². The van der Waals surface area contributed by atoms with Crippen LogP contribution in [0.25, 0.3) is 43.8 Å². The van der Waals surface area contributed by atoms with E-state index < -0.39 is 0 Å². The fraction of sp³-hybridized carbons (Fsp3) is 0.0769. The molecule has 26 heavy (non-hydrogen) atoms. The lowest BCUT2D eigenvalue weighted by molar-refractivity contribution is 1.67. The van der Waals surface area contributed by atoms with Gasteiger partial charge in [-0.15, -0.1) is 0 Å². The molecule has 0 radical (unpaired) electrons. The minimum absolute atomic E-state index is 1.33. The van der Waals surface area contributed by atoms with E-state index in [0.29, 0.717) is 0 Å². The maximum absolute atomic E-state index is 2.29. The molecule has 122 valence electrons. The highest BCUT2D eigenvalue weighted by molar-refractivity contribution is 6.33. The molecule has 0 bridgehead atoms. The Morgan fingerprint density at radius 2 is 0.769 bits per heavy atom. The molecule has 0 atom stereocenters. The van der Waals surface area contributed by atoms with Gasteiger partial charge in [0.15, 0.2) is 0 Å². The maximum Gasteiger partial charge on any atom is -0.00296 e. The second kappa shape index (κ2) is 4.74. The van der Waals surface area contributed by atoms with Crippen molar-refractivity contribution in [2.75, 3.05) is 0 Å². The number of hydrogen-bond acceptors (Lipinski definition) is 0. The Labute approximate surface area is 153 Å². The average molecular weight is 330 g/mol. The standard InChI is InChI=1S/C26H18/c1-15-19-11-3-7-17-9-5-13-21(25(17)19)23(15)24-16(2)20-12-4-8-18-10-6-14-22(24)26(18)20/h3-14H,1-2H3. The quantitative estimate of drug-likeness (QED) is 0.347. The van der Waals surface area contributed by atoms with Gasteiger partial charge in [0, 0.05) is 0 Å². The molecule has 0 aromatic heterocycles. The average Bonchev–Trinajstić information content (AvgIpc) is 3.11. The molecule has 0 unspecified atom stereocenters. The van der Waals surface area contributed by atoms with Crippen molar-refractivity contribution in [2.24, 2.45) is 0 Å². The molecule has 0 saturated carbocycles. The lowest BCUT2D eigenvalue weighted by atomic mass is 9.90. The fourth-order valence-electron chi connectivity index (χ4n) is 5.04. The highest BCUT2D eigenvalue weighted by atomic mass is 14.3. The molecule has 2 aliphatic rings. The van der Waals surface area contributed by atoms with Gasteiger partial charge >= 0.3 is 0 Å². The zero-order valence-corrected chi connectivity index (χ0v) is 14.9. The van der Waals surface area contributed by atoms with Crippen LogP contribution in [0.2, 0.25) is 0 Å². The van der Waals surface area contributed by atoms with E-state index in [9.17, 15) is 0 Å². The highest BCUT2D eigenvalue weighted by Crippen LogP contribution is 2.53. The van der Waals surface area contributed by atoms with Gasteiger partial charge in [0.1, 0.15) is 0 Å². The van der Waals surface area contributed by atoms with Gasteiger partial charge in [0.25, 0.3) is 0 Å². The molecule has 4 aromatic carbocycles. The molecule has 0 aliphatic heterocycles. The summed E-state index contributed by atoms with van der Waals surface area (Å²) < 4.78 is 0. The minimum Gasteiger partial charge on any atom is -0.0610 e. The van der Waals surface area contributed by atoms with Gasteiger partial charge in [0.05, 0.1) is 0 Å². The summed E-state index contributed by atoms with van der Waals surface area (Å²) >= 11 is 0. The normalized spacial score (nSPS) is 15.0. The Balaban J connectivity index is 1.74. The van der Waals surface area contributed by atoms with E-state index in [1.165, 1.54) is 66.1 Å². The number of benzene rings is 4. The van der Waals surface area contributed by atoms with Gasteiger partial charge in [-0.25, -0.2) is 0 Å². The molecule has 0 fully saturated rings. The Kier molecular flexibility index (Phi) is 2.57. The lowest BCUT2D eigenvalue weighted by Gasteiger charge is -2.12. The first-order chi connectivity index (χ1) is 12.8. The molecule has 0 amide bonds. The second-order valence-corrected chi connectivity index (χ2v) is 7.42. The fourth-order valence-corrected chi connectivity index (χ4v) is 5.04. The van der Waals surface area contributed by atoms with E-state index >= 15 is 0 Å². The van der Waals surface area contributed by atoms with Gasteiger partial charge in [0.2, 0.25) is 0 Å². The third kappa shape index (κ3) is 1.55. The zero-order valence-electron chi connectivity index (χ0n) is 14.9. The van der Waals surface area contributed by atoms with Crippen LogP contribution in [-0.2, 0) is 0 Å². The van der Waals surface area contributed by atoms with Crippen LogP contribution in [0.15, 0.2) is 72.8 Å². The Morgan fingerprint density at radius 1 is 0.423 bits per heavy atom. The molecule has 0 spiro atoms. The molecular weight excluding hydrogens is 312 g/mol. The predicted molar refractivity (Wildman–Crippen MR) is 113 cm³/mol. The number of hydrogen-bond donors (Lipinski definition) is 0. The van der Waals surface area contributed by atoms with E-state index in [1.807, 2.05) is 0 Å². The molecule has 0 saturated heterocycles. The first-order valence-corrected chi connectivity index (χ1v) is 9.23. The zero-order chi connectivity index (χ0) is 17.4. The van der Waals surface area contributed by atoms with Crippen LogP contribution in [0.4, 0.5) is 0 Å². The van der Waals surface area contributed by atoms with Crippen LogP contribution in [0.5, 0.6) is 0 Å². The summed E-state index contributed by atoms with van der Waals surface area (Å²) in [5.74, 6) is 0. The molecule has 0 N–H and O–H groups in total. The third-order valence-electron chi connectivity index (χ3n) is 6.16. The van der Waals surface area contributed by atoms with Crippen molar-refractivity contribution in [3.8, 4) is 0 Å². The van der Waals surface area contributed by atoms with E-state index in [4.69, 9.17) is 0 Å². The lowest BCUT2D eigenvalue weighted by Crippen LogP contribution is -1.89. The molecule has 0 heterocycles. The summed E-state index contributed by atoms with van der Waals surface area (Å²) in [4.78, 5) is 0. The topological polar surface area (TPSA) is 0 Å². The van der Waals surface area contributed by atoms with Crippen molar-refractivity contribution >= 4 is 43.8 Å². The van der Waals surface area contributed by atoms with Crippen molar-refractivity contribution < 1.29 is 0 Å². The SMILES string of the molecule is CC1=C(C2=C(C)c3cccc4cccc2c34)c2cccc3cccc1c23. The summed E-state index contributed by atoms with van der Waals surface area (Å²) in [6.45, 7) is 4.57. The van der Waals surface area contributed by atoms with E-state index in [0.717, 1.165) is 0 Å². The van der Waals surface area contributed by atoms with Crippen LogP contribution in [0.3, 0.4) is 0 Å². The van der Waals surface area contributed by atoms with Gasteiger partial charge in [-0.1, -0.05) is 72.8 Å². The Morgan fingerprint density at radius 3 is 1.15 bits per heavy atom. The number of allylic oxidation sites excluding steroid dienone is 4. The first-order valence-electron chi connectivity index (χ1n) is 9.23. The summed E-state index contributed by atoms with van der Waals surface area (Å²) in [5.41, 5.74) is 11.2. The monoisotopic (exact) mass is 330 g/mol. The molecule has 0 nitrogen and oxygen atoms in total. The van der Waals surface area contributed by atoms with Crippen molar-refractivity contribution in [3.05, 3.63) is 95.1 Å². The van der Waals surface area contributed by atoms with E-state index in [2.05, 4.69) is 86.6 Å². The van der Waals surface area contributed by atoms with Crippen molar-refractivity contribution in [3.63, 3.8) is 0 Å². The third-order valence-corrected chi connectivity index (χ3v) is 6.16. The van der Waals surface area contributed by atoms with E-state index in [-0.39, 0.29) is 0 Å². The van der Waals surface area contributed by atoms with Crippen LogP contribution in [0, 0.1) is 0 Å². The maximum atomic E-state index is 2.29.